The van der Waals surface area contributed by atoms with E-state index in [-0.39, 0.29) is 38.2 Å². The van der Waals surface area contributed by atoms with Crippen molar-refractivity contribution in [2.24, 2.45) is 0 Å². The van der Waals surface area contributed by atoms with E-state index in [0.717, 1.165) is 22.7 Å². The first-order valence-electron chi connectivity index (χ1n) is 12.9. The van der Waals surface area contributed by atoms with Crippen molar-refractivity contribution < 1.29 is 41.6 Å². The smallest absolute Gasteiger partial charge is 0 e. The third-order valence-electron chi connectivity index (χ3n) is 6.02. The molecule has 4 aromatic carbocycles. The molecule has 0 saturated heterocycles. The number of nitrogens with zero attached hydrogens (tertiary/aromatic N) is 4. The van der Waals surface area contributed by atoms with Crippen LogP contribution in [-0.4, -0.2) is 85.9 Å². The number of rotatable bonds is 8. The maximum Gasteiger partial charge on any atom is 0 e. The molecule has 0 heterocycles. The molecule has 0 bridgehead atoms. The number of anilines is 4. The molecule has 0 saturated carbocycles. The maximum absolute atomic E-state index is 12.2. The van der Waals surface area contributed by atoms with E-state index in [4.69, 9.17) is 0 Å². The molecule has 0 unspecified atom stereocenters. The minimum atomic E-state index is -1.46. The van der Waals surface area contributed by atoms with E-state index < -0.39 is 41.8 Å². The molecule has 0 atom stereocenters. The zero-order valence-electron chi connectivity index (χ0n) is 24.1. The fourth-order valence-electron chi connectivity index (χ4n) is 3.45. The molecule has 0 fully saturated rings. The number of carbonyl (C=O) groups is 4. The molecule has 227 valence electrons. The SMILES string of the molecule is CN(C(=O)[Te]C(=O)N(C)c1ccccc1)c1ccccc1.CN(C(=O)[Te]C(=O)N(C)c1ccccc1)c1ccccc1.[Au]. The molecule has 0 aliphatic heterocycles. The van der Waals surface area contributed by atoms with Crippen LogP contribution in [0.5, 0.6) is 0 Å². The molecular weight excluding hydrogens is 957 g/mol. The number of hydrogen-bond donors (Lipinski definition) is 0. The van der Waals surface area contributed by atoms with Gasteiger partial charge in [0.05, 0.1) is 0 Å². The number of para-hydroxylation sites is 4. The van der Waals surface area contributed by atoms with Crippen LogP contribution in [0.15, 0.2) is 121 Å². The fourth-order valence-corrected chi connectivity index (χ4v) is 7.07. The van der Waals surface area contributed by atoms with Crippen LogP contribution in [0.2, 0.25) is 0 Å². The summed E-state index contributed by atoms with van der Waals surface area (Å²) in [7, 11) is 6.83. The number of carbonyl (C=O) groups excluding carboxylic acids is 4. The predicted octanol–water partition coefficient (Wildman–Crippen LogP) is 6.40. The van der Waals surface area contributed by atoms with Gasteiger partial charge in [0.1, 0.15) is 0 Å². The second-order valence-electron chi connectivity index (χ2n) is 8.85. The number of hydrogen-bond acceptors (Lipinski definition) is 4. The third kappa shape index (κ3) is 11.3. The normalized spacial score (nSPS) is 9.77. The molecule has 0 aliphatic carbocycles. The summed E-state index contributed by atoms with van der Waals surface area (Å²) >= 11 is -2.92. The van der Waals surface area contributed by atoms with Crippen molar-refractivity contribution in [1.29, 1.82) is 0 Å². The van der Waals surface area contributed by atoms with Gasteiger partial charge in [0.2, 0.25) is 0 Å². The van der Waals surface area contributed by atoms with E-state index in [9.17, 15) is 19.2 Å². The maximum atomic E-state index is 12.2. The van der Waals surface area contributed by atoms with E-state index in [1.165, 1.54) is 0 Å². The van der Waals surface area contributed by atoms with E-state index in [1.807, 2.05) is 121 Å². The van der Waals surface area contributed by atoms with Gasteiger partial charge >= 0.3 is 269 Å². The van der Waals surface area contributed by atoms with Crippen molar-refractivity contribution in [1.82, 2.24) is 0 Å². The molecule has 43 heavy (non-hydrogen) atoms. The number of benzene rings is 4. The third-order valence-corrected chi connectivity index (χ3v) is 11.1. The van der Waals surface area contributed by atoms with Crippen LogP contribution >= 0.6 is 0 Å². The van der Waals surface area contributed by atoms with E-state index in [0.29, 0.717) is 0 Å². The van der Waals surface area contributed by atoms with Crippen molar-refractivity contribution in [2.75, 3.05) is 47.8 Å². The van der Waals surface area contributed by atoms with Crippen molar-refractivity contribution in [3.05, 3.63) is 121 Å². The first-order chi connectivity index (χ1) is 20.2. The van der Waals surface area contributed by atoms with Crippen LogP contribution in [0.4, 0.5) is 41.9 Å². The molecule has 8 nitrogen and oxygen atoms in total. The van der Waals surface area contributed by atoms with Crippen LogP contribution in [0.25, 0.3) is 0 Å². The summed E-state index contributed by atoms with van der Waals surface area (Å²) in [6.45, 7) is 0. The molecular formula is C32H32AuN4O4Te2. The molecule has 0 N–H and O–H groups in total. The van der Waals surface area contributed by atoms with Gasteiger partial charge in [-0.25, -0.2) is 0 Å². The molecule has 11 heteroatoms. The van der Waals surface area contributed by atoms with Crippen LogP contribution in [-0.2, 0) is 22.4 Å². The molecule has 0 aromatic heterocycles. The zero-order chi connectivity index (χ0) is 30.5. The Balaban J connectivity index is 0.000000293. The second-order valence-corrected chi connectivity index (χ2v) is 14.0. The molecule has 1 radical (unpaired) electrons. The van der Waals surface area contributed by atoms with Gasteiger partial charge in [-0.1, -0.05) is 0 Å². The van der Waals surface area contributed by atoms with Gasteiger partial charge in [0, 0.05) is 22.4 Å². The van der Waals surface area contributed by atoms with Gasteiger partial charge in [-0.3, -0.25) is 0 Å². The average Bonchev–Trinajstić information content (AvgIpc) is 3.05. The first-order valence-corrected chi connectivity index (χ1v) is 17.5. The number of amides is 4. The standard InChI is InChI=1S/2C16H16N2O2Te.Au/c2*1-17(13-9-5-3-6-10-13)15(19)21-16(20)18(2)14-11-7-4-8-12-14;/h2*3-12H,1-2H3;. The van der Waals surface area contributed by atoms with Gasteiger partial charge in [-0.15, -0.1) is 0 Å². The van der Waals surface area contributed by atoms with Gasteiger partial charge in [0.25, 0.3) is 0 Å². The summed E-state index contributed by atoms with van der Waals surface area (Å²) in [5.41, 5.74) is 3.23. The molecule has 0 spiro atoms. The Bertz CT molecular complexity index is 1240. The molecule has 4 aromatic rings. The Labute approximate surface area is 288 Å². The van der Waals surface area contributed by atoms with Crippen molar-refractivity contribution in [3.8, 4) is 0 Å². The average molecular weight is 989 g/mol. The van der Waals surface area contributed by atoms with Crippen LogP contribution in [0, 0.1) is 0 Å². The predicted molar refractivity (Wildman–Crippen MR) is 172 cm³/mol. The van der Waals surface area contributed by atoms with Crippen molar-refractivity contribution in [2.45, 2.75) is 0 Å². The summed E-state index contributed by atoms with van der Waals surface area (Å²) in [5, 5.41) is 0. The summed E-state index contributed by atoms with van der Waals surface area (Å²) in [6.07, 6.45) is 0. The largest absolute Gasteiger partial charge is 0 e. The van der Waals surface area contributed by atoms with Crippen molar-refractivity contribution >= 4 is 80.4 Å². The first kappa shape index (κ1) is 36.3. The minimum absolute atomic E-state index is 0. The molecule has 0 aliphatic rings. The van der Waals surface area contributed by atoms with Crippen LogP contribution in [0.1, 0.15) is 0 Å². The van der Waals surface area contributed by atoms with E-state index in [1.54, 1.807) is 47.8 Å². The summed E-state index contributed by atoms with van der Waals surface area (Å²) in [5.74, 6) is 0. The minimum Gasteiger partial charge on any atom is 0 e. The Morgan fingerprint density at radius 3 is 0.698 bits per heavy atom. The van der Waals surface area contributed by atoms with Crippen LogP contribution in [0.3, 0.4) is 0 Å². The Hall–Kier alpha value is -2.92. The Kier molecular flexibility index (Phi) is 15.8. The van der Waals surface area contributed by atoms with Gasteiger partial charge in [0.15, 0.2) is 0 Å². The summed E-state index contributed by atoms with van der Waals surface area (Å²) in [4.78, 5) is 55.1. The van der Waals surface area contributed by atoms with Gasteiger partial charge in [-0.2, -0.15) is 0 Å². The summed E-state index contributed by atoms with van der Waals surface area (Å²) < 4.78 is -0.391. The molecule has 4 rings (SSSR count). The topological polar surface area (TPSA) is 81.2 Å². The van der Waals surface area contributed by atoms with Gasteiger partial charge < -0.3 is 0 Å². The monoisotopic (exact) mass is 993 g/mol. The quantitative estimate of drug-likeness (QED) is 0.192. The summed E-state index contributed by atoms with van der Waals surface area (Å²) in [6, 6.07) is 37.4. The zero-order valence-corrected chi connectivity index (χ0v) is 30.9. The second kappa shape index (κ2) is 18.7. The fraction of sp³-hybridized carbons (Fsp3) is 0.125. The van der Waals surface area contributed by atoms with Gasteiger partial charge in [-0.05, 0) is 0 Å². The van der Waals surface area contributed by atoms with Crippen LogP contribution < -0.4 is 19.6 Å². The Morgan fingerprint density at radius 2 is 0.535 bits per heavy atom. The Morgan fingerprint density at radius 1 is 0.372 bits per heavy atom. The van der Waals surface area contributed by atoms with E-state index in [2.05, 4.69) is 0 Å². The van der Waals surface area contributed by atoms with Crippen molar-refractivity contribution in [3.63, 3.8) is 0 Å². The van der Waals surface area contributed by atoms with E-state index >= 15 is 0 Å². The molecule has 4 amide bonds.